The number of likely N-dealkylation sites (tertiary alicyclic amines) is 1. The molecular formula is C27H48N2O4. The average molecular weight is 465 g/mol. The topological polar surface area (TPSA) is 71.0 Å². The van der Waals surface area contributed by atoms with Crippen LogP contribution in [-0.4, -0.2) is 54.8 Å². The maximum absolute atomic E-state index is 12.6. The molecule has 0 radical (unpaired) electrons. The zero-order valence-corrected chi connectivity index (χ0v) is 19.1. The number of benzene rings is 1. The molecule has 2 aliphatic heterocycles. The number of fused-ring (bicyclic) bond motifs is 1. The fourth-order valence-electron chi connectivity index (χ4n) is 4.47. The first-order valence-electron chi connectivity index (χ1n) is 12.3. The molecule has 2 aliphatic rings. The van der Waals surface area contributed by atoms with Gasteiger partial charge in [0.2, 0.25) is 5.91 Å². The van der Waals surface area contributed by atoms with Gasteiger partial charge in [0, 0.05) is 13.0 Å². The van der Waals surface area contributed by atoms with Gasteiger partial charge in [0.05, 0.1) is 6.04 Å². The Balaban J connectivity index is 0.00000272. The molecule has 1 aromatic carbocycles. The third-order valence-electron chi connectivity index (χ3n) is 6.30. The first-order chi connectivity index (χ1) is 15.2. The number of aliphatic hydroxyl groups excluding tert-OH is 1. The van der Waals surface area contributed by atoms with E-state index in [0.717, 1.165) is 31.5 Å². The Hall–Kier alpha value is -1.79. The highest BCUT2D eigenvalue weighted by Gasteiger charge is 2.27. The molecule has 1 fully saturated rings. The van der Waals surface area contributed by atoms with E-state index in [9.17, 15) is 9.90 Å². The molecule has 33 heavy (non-hydrogen) atoms. The molecule has 1 aromatic rings. The van der Waals surface area contributed by atoms with E-state index in [4.69, 9.17) is 9.47 Å². The third-order valence-corrected chi connectivity index (χ3v) is 6.30. The fraction of sp³-hybridized carbons (Fsp3) is 0.741. The molecule has 6 nitrogen and oxygen atoms in total. The maximum atomic E-state index is 12.6. The van der Waals surface area contributed by atoms with E-state index in [1.807, 2.05) is 18.2 Å². The summed E-state index contributed by atoms with van der Waals surface area (Å²) in [6.45, 7) is 6.00. The average Bonchev–Trinajstić information content (AvgIpc) is 3.30. The number of amides is 1. The fourth-order valence-corrected chi connectivity index (χ4v) is 4.47. The highest BCUT2D eigenvalue weighted by molar-refractivity contribution is 5.76. The molecule has 0 aromatic heterocycles. The standard InChI is InChI=1S/C25H40N2O4.2CH4/c1-2-3-4-5-6-7-8-11-24(28)26-21(19-27-14-9-10-15-27)25(29)20-12-13-22-23(18-20)31-17-16-30-22;;/h12-13,18,21,25,29H,2-11,14-17,19H2,1H3,(H,26,28);2*1H4/t21-,25-;;/m0../s1. The smallest absolute Gasteiger partial charge is 0.220 e. The predicted octanol–water partition coefficient (Wildman–Crippen LogP) is 5.48. The van der Waals surface area contributed by atoms with Crippen LogP contribution in [0.5, 0.6) is 11.5 Å². The van der Waals surface area contributed by atoms with Crippen molar-refractivity contribution < 1.29 is 19.4 Å². The Morgan fingerprint density at radius 3 is 2.33 bits per heavy atom. The van der Waals surface area contributed by atoms with Gasteiger partial charge in [-0.3, -0.25) is 4.79 Å². The number of ether oxygens (including phenoxy) is 2. The lowest BCUT2D eigenvalue weighted by atomic mass is 10.0. The molecule has 2 atom stereocenters. The normalized spacial score (nSPS) is 16.9. The SMILES string of the molecule is C.C.CCCCCCCCCC(=O)N[C@@H](CN1CCCC1)[C@@H](O)c1ccc2c(c1)OCCO2. The van der Waals surface area contributed by atoms with Crippen LogP contribution in [0.2, 0.25) is 0 Å². The number of carbonyl (C=O) groups is 1. The molecule has 0 bridgehead atoms. The second-order valence-corrected chi connectivity index (χ2v) is 8.90. The van der Waals surface area contributed by atoms with E-state index < -0.39 is 6.10 Å². The molecule has 0 aliphatic carbocycles. The zero-order valence-electron chi connectivity index (χ0n) is 19.1. The minimum Gasteiger partial charge on any atom is -0.486 e. The van der Waals surface area contributed by atoms with Crippen LogP contribution < -0.4 is 14.8 Å². The summed E-state index contributed by atoms with van der Waals surface area (Å²) in [5.74, 6) is 1.41. The summed E-state index contributed by atoms with van der Waals surface area (Å²) in [6, 6.07) is 5.23. The Kier molecular flexibility index (Phi) is 14.1. The van der Waals surface area contributed by atoms with E-state index in [0.29, 0.717) is 37.7 Å². The largest absolute Gasteiger partial charge is 0.486 e. The van der Waals surface area contributed by atoms with Crippen molar-refractivity contribution in [3.05, 3.63) is 23.8 Å². The molecule has 1 amide bonds. The summed E-state index contributed by atoms with van der Waals surface area (Å²) < 4.78 is 11.3. The first kappa shape index (κ1) is 29.2. The van der Waals surface area contributed by atoms with Crippen LogP contribution in [0.15, 0.2) is 18.2 Å². The van der Waals surface area contributed by atoms with Crippen LogP contribution >= 0.6 is 0 Å². The quantitative estimate of drug-likeness (QED) is 0.378. The molecule has 1 saturated heterocycles. The molecule has 0 saturated carbocycles. The summed E-state index contributed by atoms with van der Waals surface area (Å²) in [5.41, 5.74) is 0.754. The van der Waals surface area contributed by atoms with Gasteiger partial charge in [0.25, 0.3) is 0 Å². The van der Waals surface area contributed by atoms with Crippen molar-refractivity contribution in [2.75, 3.05) is 32.8 Å². The van der Waals surface area contributed by atoms with Gasteiger partial charge >= 0.3 is 0 Å². The minimum absolute atomic E-state index is 0. The van der Waals surface area contributed by atoms with E-state index in [1.54, 1.807) is 0 Å². The molecule has 3 rings (SSSR count). The van der Waals surface area contributed by atoms with E-state index in [-0.39, 0.29) is 26.8 Å². The van der Waals surface area contributed by atoms with Gasteiger partial charge in [0.15, 0.2) is 11.5 Å². The minimum atomic E-state index is -0.783. The van der Waals surface area contributed by atoms with Crippen LogP contribution in [0.1, 0.15) is 97.7 Å². The molecular weight excluding hydrogens is 416 g/mol. The van der Waals surface area contributed by atoms with Crippen LogP contribution in [0.25, 0.3) is 0 Å². The molecule has 0 unspecified atom stereocenters. The van der Waals surface area contributed by atoms with Crippen molar-refractivity contribution >= 4 is 5.91 Å². The van der Waals surface area contributed by atoms with E-state index >= 15 is 0 Å². The van der Waals surface area contributed by atoms with Gasteiger partial charge in [-0.1, -0.05) is 66.4 Å². The van der Waals surface area contributed by atoms with Gasteiger partial charge in [-0.2, -0.15) is 0 Å². The highest BCUT2D eigenvalue weighted by Crippen LogP contribution is 2.33. The lowest BCUT2D eigenvalue weighted by molar-refractivity contribution is -0.123. The van der Waals surface area contributed by atoms with E-state index in [1.165, 1.54) is 44.9 Å². The second-order valence-electron chi connectivity index (χ2n) is 8.90. The summed E-state index contributed by atoms with van der Waals surface area (Å²) in [6.07, 6.45) is 10.4. The lowest BCUT2D eigenvalue weighted by Crippen LogP contribution is -2.46. The maximum Gasteiger partial charge on any atom is 0.220 e. The van der Waals surface area contributed by atoms with Gasteiger partial charge < -0.3 is 24.8 Å². The monoisotopic (exact) mass is 464 g/mol. The Morgan fingerprint density at radius 1 is 1.00 bits per heavy atom. The number of carbonyl (C=O) groups excluding carboxylic acids is 1. The van der Waals surface area contributed by atoms with Crippen LogP contribution in [0, 0.1) is 0 Å². The van der Waals surface area contributed by atoms with Crippen molar-refractivity contribution in [3.63, 3.8) is 0 Å². The number of aliphatic hydroxyl groups is 1. The first-order valence-corrected chi connectivity index (χ1v) is 12.3. The summed E-state index contributed by atoms with van der Waals surface area (Å²) in [5, 5.41) is 14.3. The summed E-state index contributed by atoms with van der Waals surface area (Å²) in [7, 11) is 0. The van der Waals surface area contributed by atoms with Crippen molar-refractivity contribution in [3.8, 4) is 11.5 Å². The zero-order chi connectivity index (χ0) is 21.9. The predicted molar refractivity (Wildman–Crippen MR) is 136 cm³/mol. The molecule has 0 spiro atoms. The Labute approximate surface area is 202 Å². The van der Waals surface area contributed by atoms with Crippen molar-refractivity contribution in [1.82, 2.24) is 10.2 Å². The molecule has 2 heterocycles. The van der Waals surface area contributed by atoms with Crippen LogP contribution in [-0.2, 0) is 4.79 Å². The molecule has 2 N–H and O–H groups in total. The summed E-state index contributed by atoms with van der Waals surface area (Å²) in [4.78, 5) is 15.0. The number of rotatable bonds is 13. The number of nitrogens with one attached hydrogen (secondary N) is 1. The Morgan fingerprint density at radius 2 is 1.64 bits per heavy atom. The number of nitrogens with zero attached hydrogens (tertiary/aromatic N) is 1. The lowest BCUT2D eigenvalue weighted by Gasteiger charge is -2.29. The van der Waals surface area contributed by atoms with Gasteiger partial charge in [0.1, 0.15) is 19.3 Å². The van der Waals surface area contributed by atoms with Crippen molar-refractivity contribution in [2.45, 2.75) is 98.1 Å². The Bertz CT molecular complexity index is 676. The van der Waals surface area contributed by atoms with Crippen molar-refractivity contribution in [1.29, 1.82) is 0 Å². The summed E-state index contributed by atoms with van der Waals surface area (Å²) >= 11 is 0. The van der Waals surface area contributed by atoms with Gasteiger partial charge in [-0.05, 0) is 50.0 Å². The van der Waals surface area contributed by atoms with Crippen LogP contribution in [0.3, 0.4) is 0 Å². The third kappa shape index (κ3) is 9.54. The number of unbranched alkanes of at least 4 members (excludes halogenated alkanes) is 6. The molecule has 190 valence electrons. The number of hydrogen-bond donors (Lipinski definition) is 2. The second kappa shape index (κ2) is 15.9. The molecule has 6 heteroatoms. The van der Waals surface area contributed by atoms with E-state index in [2.05, 4.69) is 17.1 Å². The van der Waals surface area contributed by atoms with Crippen molar-refractivity contribution in [2.24, 2.45) is 0 Å². The number of hydrogen-bond acceptors (Lipinski definition) is 5. The van der Waals surface area contributed by atoms with Gasteiger partial charge in [-0.25, -0.2) is 0 Å². The van der Waals surface area contributed by atoms with Gasteiger partial charge in [-0.15, -0.1) is 0 Å². The highest BCUT2D eigenvalue weighted by atomic mass is 16.6. The van der Waals surface area contributed by atoms with Crippen LogP contribution in [0.4, 0.5) is 0 Å².